The summed E-state index contributed by atoms with van der Waals surface area (Å²) in [5.74, 6) is -0.220. The van der Waals surface area contributed by atoms with E-state index >= 15 is 0 Å². The number of piperazine rings is 1. The lowest BCUT2D eigenvalue weighted by molar-refractivity contribution is 0.0753. The Bertz CT molecular complexity index is 1240. The first-order valence-electron chi connectivity index (χ1n) is 9.72. The van der Waals surface area contributed by atoms with Gasteiger partial charge in [0.05, 0.1) is 5.52 Å². The summed E-state index contributed by atoms with van der Waals surface area (Å²) in [6.07, 6.45) is 0. The Hall–Kier alpha value is -2.65. The normalized spacial score (nSPS) is 14.7. The number of nitrogens with zero attached hydrogens (tertiary/aromatic N) is 4. The van der Waals surface area contributed by atoms with Crippen LogP contribution in [0.2, 0.25) is 5.02 Å². The van der Waals surface area contributed by atoms with Crippen LogP contribution in [0, 0.1) is 6.92 Å². The monoisotopic (exact) mass is 447 g/mol. The summed E-state index contributed by atoms with van der Waals surface area (Å²) in [7, 11) is 0. The van der Waals surface area contributed by atoms with Crippen molar-refractivity contribution in [3.05, 3.63) is 54.5 Å². The molecule has 0 unspecified atom stereocenters. The Morgan fingerprint density at radius 2 is 1.90 bits per heavy atom. The van der Waals surface area contributed by atoms with Crippen molar-refractivity contribution < 1.29 is 4.79 Å². The molecule has 30 heavy (non-hydrogen) atoms. The minimum Gasteiger partial charge on any atom is -0.368 e. The molecule has 1 fully saturated rings. The summed E-state index contributed by atoms with van der Waals surface area (Å²) in [4.78, 5) is 45.0. The summed E-state index contributed by atoms with van der Waals surface area (Å²) < 4.78 is 5.28. The van der Waals surface area contributed by atoms with Crippen LogP contribution < -0.4 is 16.1 Å². The fourth-order valence-electron chi connectivity index (χ4n) is 3.76. The molecule has 10 heteroatoms. The standard InChI is InChI=1S/C20H22ClN5O3S/c1-11(2)26-18(27)16-15(22-20(26)29)17(30-23-16)19(28)25-8-6-24(7-9-25)14-10-13(21)5-4-12(14)3/h4-5,10-11H,6-9H2,1-3H3,(H,22,29). The maximum absolute atomic E-state index is 13.1. The third-order valence-corrected chi connectivity index (χ3v) is 6.42. The van der Waals surface area contributed by atoms with E-state index in [4.69, 9.17) is 11.6 Å². The van der Waals surface area contributed by atoms with Crippen LogP contribution in [-0.2, 0) is 0 Å². The van der Waals surface area contributed by atoms with E-state index in [9.17, 15) is 14.4 Å². The molecule has 0 aliphatic carbocycles. The van der Waals surface area contributed by atoms with Crippen molar-refractivity contribution in [1.82, 2.24) is 18.8 Å². The number of benzene rings is 1. The second-order valence-corrected chi connectivity index (χ2v) is 8.85. The summed E-state index contributed by atoms with van der Waals surface area (Å²) in [5.41, 5.74) is 1.55. The third-order valence-electron chi connectivity index (χ3n) is 5.35. The van der Waals surface area contributed by atoms with Crippen molar-refractivity contribution >= 4 is 45.8 Å². The van der Waals surface area contributed by atoms with E-state index in [1.54, 1.807) is 18.7 Å². The van der Waals surface area contributed by atoms with Gasteiger partial charge in [-0.1, -0.05) is 17.7 Å². The zero-order valence-electron chi connectivity index (χ0n) is 16.9. The number of hydrogen-bond donors (Lipinski definition) is 1. The lowest BCUT2D eigenvalue weighted by Gasteiger charge is -2.36. The van der Waals surface area contributed by atoms with Crippen LogP contribution in [0.4, 0.5) is 5.69 Å². The number of aromatic nitrogens is 3. The van der Waals surface area contributed by atoms with Gasteiger partial charge in [-0.05, 0) is 50.0 Å². The molecule has 0 radical (unpaired) electrons. The van der Waals surface area contributed by atoms with Gasteiger partial charge in [-0.25, -0.2) is 4.79 Å². The lowest BCUT2D eigenvalue weighted by Crippen LogP contribution is -2.49. The fraction of sp³-hybridized carbons (Fsp3) is 0.400. The molecule has 4 rings (SSSR count). The van der Waals surface area contributed by atoms with Crippen molar-refractivity contribution in [3.63, 3.8) is 0 Å². The van der Waals surface area contributed by atoms with Gasteiger partial charge in [-0.15, -0.1) is 0 Å². The molecule has 158 valence electrons. The predicted molar refractivity (Wildman–Crippen MR) is 119 cm³/mol. The number of carbonyl (C=O) groups is 1. The molecule has 0 spiro atoms. The molecule has 1 aromatic carbocycles. The summed E-state index contributed by atoms with van der Waals surface area (Å²) in [6, 6.07) is 5.49. The number of aryl methyl sites for hydroxylation is 1. The van der Waals surface area contributed by atoms with E-state index < -0.39 is 11.2 Å². The van der Waals surface area contributed by atoms with Gasteiger partial charge in [0.2, 0.25) is 0 Å². The van der Waals surface area contributed by atoms with Crippen LogP contribution >= 0.6 is 23.1 Å². The Morgan fingerprint density at radius 3 is 2.57 bits per heavy atom. The number of rotatable bonds is 3. The SMILES string of the molecule is Cc1ccc(Cl)cc1N1CCN(C(=O)c2snc3c(=O)n(C(C)C)c(=O)[nH]c23)CC1. The van der Waals surface area contributed by atoms with Gasteiger partial charge >= 0.3 is 5.69 Å². The topological polar surface area (TPSA) is 91.3 Å². The average molecular weight is 448 g/mol. The lowest BCUT2D eigenvalue weighted by atomic mass is 10.1. The Balaban J connectivity index is 1.58. The van der Waals surface area contributed by atoms with Crippen molar-refractivity contribution in [2.45, 2.75) is 26.8 Å². The van der Waals surface area contributed by atoms with Crippen molar-refractivity contribution in [2.24, 2.45) is 0 Å². The number of anilines is 1. The van der Waals surface area contributed by atoms with Crippen LogP contribution in [0.25, 0.3) is 11.0 Å². The number of H-pyrrole nitrogens is 1. The number of nitrogens with one attached hydrogen (secondary N) is 1. The highest BCUT2D eigenvalue weighted by Gasteiger charge is 2.27. The van der Waals surface area contributed by atoms with Crippen LogP contribution in [0.3, 0.4) is 0 Å². The van der Waals surface area contributed by atoms with Crippen LogP contribution in [0.5, 0.6) is 0 Å². The van der Waals surface area contributed by atoms with Gasteiger partial charge in [0.15, 0.2) is 5.52 Å². The maximum atomic E-state index is 13.1. The smallest absolute Gasteiger partial charge is 0.329 e. The second kappa shape index (κ2) is 7.88. The van der Waals surface area contributed by atoms with Crippen molar-refractivity contribution in [3.8, 4) is 0 Å². The molecule has 0 atom stereocenters. The molecule has 1 saturated heterocycles. The largest absolute Gasteiger partial charge is 0.368 e. The van der Waals surface area contributed by atoms with E-state index in [0.717, 1.165) is 27.4 Å². The highest BCUT2D eigenvalue weighted by atomic mass is 35.5. The zero-order valence-corrected chi connectivity index (χ0v) is 18.5. The Kier molecular flexibility index (Phi) is 5.42. The number of amides is 1. The zero-order chi connectivity index (χ0) is 21.6. The molecule has 2 aromatic heterocycles. The molecule has 0 saturated carbocycles. The molecule has 1 aliphatic rings. The number of fused-ring (bicyclic) bond motifs is 1. The molecule has 8 nitrogen and oxygen atoms in total. The van der Waals surface area contributed by atoms with Gasteiger partial charge in [-0.3, -0.25) is 14.2 Å². The molecule has 1 amide bonds. The molecule has 3 heterocycles. The van der Waals surface area contributed by atoms with Gasteiger partial charge in [0.25, 0.3) is 11.5 Å². The van der Waals surface area contributed by atoms with Crippen LogP contribution in [-0.4, -0.2) is 50.9 Å². The molecular formula is C20H22ClN5O3S. The first kappa shape index (κ1) is 20.6. The molecule has 1 N–H and O–H groups in total. The van der Waals surface area contributed by atoms with E-state index in [1.165, 1.54) is 0 Å². The van der Waals surface area contributed by atoms with Gasteiger partial charge in [0, 0.05) is 42.9 Å². The molecule has 0 bridgehead atoms. The van der Waals surface area contributed by atoms with E-state index in [2.05, 4.69) is 14.3 Å². The van der Waals surface area contributed by atoms with E-state index in [1.807, 2.05) is 25.1 Å². The minimum atomic E-state index is -0.530. The van der Waals surface area contributed by atoms with Gasteiger partial charge < -0.3 is 14.8 Å². The number of carbonyl (C=O) groups excluding carboxylic acids is 1. The Morgan fingerprint density at radius 1 is 1.20 bits per heavy atom. The Labute approximate surface area is 181 Å². The van der Waals surface area contributed by atoms with E-state index in [0.29, 0.717) is 36.1 Å². The van der Waals surface area contributed by atoms with E-state index in [-0.39, 0.29) is 23.0 Å². The molecule has 1 aliphatic heterocycles. The maximum Gasteiger partial charge on any atom is 0.329 e. The quantitative estimate of drug-likeness (QED) is 0.666. The predicted octanol–water partition coefficient (Wildman–Crippen LogP) is 2.65. The van der Waals surface area contributed by atoms with Gasteiger partial charge in [0.1, 0.15) is 4.88 Å². The number of aromatic amines is 1. The first-order chi connectivity index (χ1) is 14.3. The highest BCUT2D eigenvalue weighted by Crippen LogP contribution is 2.26. The fourth-order valence-corrected chi connectivity index (χ4v) is 4.72. The van der Waals surface area contributed by atoms with Gasteiger partial charge in [-0.2, -0.15) is 4.37 Å². The minimum absolute atomic E-state index is 0.129. The van der Waals surface area contributed by atoms with Crippen molar-refractivity contribution in [2.75, 3.05) is 31.1 Å². The number of halogens is 1. The second-order valence-electron chi connectivity index (χ2n) is 7.64. The van der Waals surface area contributed by atoms with Crippen LogP contribution in [0.1, 0.15) is 35.1 Å². The summed E-state index contributed by atoms with van der Waals surface area (Å²) >= 11 is 7.09. The van der Waals surface area contributed by atoms with Crippen LogP contribution in [0.15, 0.2) is 27.8 Å². The third kappa shape index (κ3) is 3.52. The number of hydrogen-bond acceptors (Lipinski definition) is 6. The first-order valence-corrected chi connectivity index (χ1v) is 10.9. The molecular weight excluding hydrogens is 426 g/mol. The average Bonchev–Trinajstić information content (AvgIpc) is 3.13. The summed E-state index contributed by atoms with van der Waals surface area (Å²) in [5, 5.41) is 0.682. The highest BCUT2D eigenvalue weighted by molar-refractivity contribution is 7.09. The summed E-state index contributed by atoms with van der Waals surface area (Å²) in [6.45, 7) is 7.92. The molecule has 3 aromatic rings. The van der Waals surface area contributed by atoms with Crippen molar-refractivity contribution in [1.29, 1.82) is 0 Å².